The molecule has 0 spiro atoms. The molecule has 1 aliphatic rings. The minimum Gasteiger partial charge on any atom is -0.508 e. The van der Waals surface area contributed by atoms with Crippen LogP contribution in [0.4, 0.5) is 0 Å². The number of isocyanates is 1. The SMILES string of the molecule is O=C=NC1(c2ccc(O)cc2Cl)CCC1. The molecule has 15 heavy (non-hydrogen) atoms. The van der Waals surface area contributed by atoms with E-state index in [1.807, 2.05) is 0 Å². The van der Waals surface area contributed by atoms with Crippen LogP contribution in [0.25, 0.3) is 0 Å². The molecule has 0 radical (unpaired) electrons. The summed E-state index contributed by atoms with van der Waals surface area (Å²) in [6, 6.07) is 4.75. The van der Waals surface area contributed by atoms with Crippen molar-refractivity contribution in [2.24, 2.45) is 4.99 Å². The second kappa shape index (κ2) is 3.69. The Labute approximate surface area is 92.4 Å². The Hall–Kier alpha value is -1.31. The van der Waals surface area contributed by atoms with Crippen LogP contribution in [-0.4, -0.2) is 11.2 Å². The Kier molecular flexibility index (Phi) is 2.51. The van der Waals surface area contributed by atoms with E-state index in [4.69, 9.17) is 11.6 Å². The number of nitrogens with zero attached hydrogens (tertiary/aromatic N) is 1. The van der Waals surface area contributed by atoms with Gasteiger partial charge in [0.25, 0.3) is 0 Å². The first-order chi connectivity index (χ1) is 7.18. The second-order valence-electron chi connectivity index (χ2n) is 3.75. The maximum atomic E-state index is 10.4. The van der Waals surface area contributed by atoms with E-state index in [0.717, 1.165) is 24.8 Å². The topological polar surface area (TPSA) is 49.7 Å². The summed E-state index contributed by atoms with van der Waals surface area (Å²) in [5.74, 6) is 0.119. The number of aliphatic imine (C=N–C) groups is 1. The highest BCUT2D eigenvalue weighted by Gasteiger charge is 2.40. The first kappa shape index (κ1) is 10.2. The van der Waals surface area contributed by atoms with Crippen LogP contribution in [0.15, 0.2) is 23.2 Å². The third-order valence-corrected chi connectivity index (χ3v) is 3.21. The van der Waals surface area contributed by atoms with Crippen LogP contribution in [0.3, 0.4) is 0 Å². The lowest BCUT2D eigenvalue weighted by Gasteiger charge is -2.37. The van der Waals surface area contributed by atoms with Crippen molar-refractivity contribution in [1.29, 1.82) is 0 Å². The minimum atomic E-state index is -0.494. The normalized spacial score (nSPS) is 17.7. The molecule has 1 aliphatic carbocycles. The largest absolute Gasteiger partial charge is 0.508 e. The van der Waals surface area contributed by atoms with Gasteiger partial charge in [-0.3, -0.25) is 0 Å². The average molecular weight is 224 g/mol. The van der Waals surface area contributed by atoms with Crippen LogP contribution in [0.1, 0.15) is 24.8 Å². The monoisotopic (exact) mass is 223 g/mol. The highest BCUT2D eigenvalue weighted by Crippen LogP contribution is 2.47. The molecular formula is C11H10ClNO2. The van der Waals surface area contributed by atoms with Crippen molar-refractivity contribution in [2.45, 2.75) is 24.8 Å². The van der Waals surface area contributed by atoms with Crippen molar-refractivity contribution in [3.8, 4) is 5.75 Å². The lowest BCUT2D eigenvalue weighted by Crippen LogP contribution is -2.32. The van der Waals surface area contributed by atoms with E-state index in [2.05, 4.69) is 4.99 Å². The molecule has 1 aromatic rings. The van der Waals surface area contributed by atoms with Gasteiger partial charge >= 0.3 is 0 Å². The summed E-state index contributed by atoms with van der Waals surface area (Å²) in [5.41, 5.74) is 0.309. The van der Waals surface area contributed by atoms with Crippen LogP contribution >= 0.6 is 11.6 Å². The van der Waals surface area contributed by atoms with Crippen LogP contribution in [-0.2, 0) is 10.3 Å². The van der Waals surface area contributed by atoms with Gasteiger partial charge in [-0.2, -0.15) is 4.99 Å². The van der Waals surface area contributed by atoms with Gasteiger partial charge in [0, 0.05) is 5.02 Å². The average Bonchev–Trinajstić information content (AvgIpc) is 2.12. The van der Waals surface area contributed by atoms with Crippen molar-refractivity contribution in [2.75, 3.05) is 0 Å². The summed E-state index contributed by atoms with van der Waals surface area (Å²) in [6.07, 6.45) is 4.26. The van der Waals surface area contributed by atoms with Gasteiger partial charge in [-0.25, -0.2) is 4.79 Å². The third kappa shape index (κ3) is 1.65. The molecule has 0 amide bonds. The zero-order chi connectivity index (χ0) is 10.9. The lowest BCUT2D eigenvalue weighted by atomic mass is 9.72. The Balaban J connectivity index is 2.47. The number of halogens is 1. The first-order valence-corrected chi connectivity index (χ1v) is 5.14. The third-order valence-electron chi connectivity index (χ3n) is 2.89. The molecular weight excluding hydrogens is 214 g/mol. The Bertz CT molecular complexity index is 434. The number of aromatic hydroxyl groups is 1. The van der Waals surface area contributed by atoms with Gasteiger partial charge in [0.05, 0.1) is 5.54 Å². The van der Waals surface area contributed by atoms with E-state index in [1.165, 1.54) is 6.07 Å². The molecule has 1 N–H and O–H groups in total. The van der Waals surface area contributed by atoms with Gasteiger partial charge in [-0.1, -0.05) is 17.7 Å². The van der Waals surface area contributed by atoms with Gasteiger partial charge in [-0.05, 0) is 37.0 Å². The molecule has 0 atom stereocenters. The fourth-order valence-electron chi connectivity index (χ4n) is 1.92. The zero-order valence-corrected chi connectivity index (χ0v) is 8.79. The summed E-state index contributed by atoms with van der Waals surface area (Å²) in [4.78, 5) is 14.2. The Morgan fingerprint density at radius 3 is 2.67 bits per heavy atom. The number of hydrogen-bond donors (Lipinski definition) is 1. The van der Waals surface area contributed by atoms with Gasteiger partial charge in [0.15, 0.2) is 0 Å². The maximum absolute atomic E-state index is 10.4. The van der Waals surface area contributed by atoms with Gasteiger partial charge in [-0.15, -0.1) is 0 Å². The van der Waals surface area contributed by atoms with E-state index < -0.39 is 5.54 Å². The fraction of sp³-hybridized carbons (Fsp3) is 0.364. The van der Waals surface area contributed by atoms with Crippen LogP contribution in [0.5, 0.6) is 5.75 Å². The number of benzene rings is 1. The summed E-state index contributed by atoms with van der Waals surface area (Å²) in [7, 11) is 0. The molecule has 0 heterocycles. The molecule has 1 aromatic carbocycles. The number of phenols is 1. The summed E-state index contributed by atoms with van der Waals surface area (Å²) in [5, 5.41) is 9.68. The highest BCUT2D eigenvalue weighted by molar-refractivity contribution is 6.31. The fourth-order valence-corrected chi connectivity index (χ4v) is 2.27. The molecule has 4 heteroatoms. The molecule has 1 saturated carbocycles. The van der Waals surface area contributed by atoms with Crippen molar-refractivity contribution in [3.05, 3.63) is 28.8 Å². The van der Waals surface area contributed by atoms with E-state index in [1.54, 1.807) is 18.2 Å². The minimum absolute atomic E-state index is 0.119. The van der Waals surface area contributed by atoms with E-state index in [9.17, 15) is 9.90 Å². The van der Waals surface area contributed by atoms with Crippen molar-refractivity contribution in [1.82, 2.24) is 0 Å². The zero-order valence-electron chi connectivity index (χ0n) is 8.03. The van der Waals surface area contributed by atoms with Gasteiger partial charge in [0.2, 0.25) is 6.08 Å². The predicted molar refractivity (Wildman–Crippen MR) is 56.8 cm³/mol. The summed E-state index contributed by atoms with van der Waals surface area (Å²) >= 11 is 6.01. The van der Waals surface area contributed by atoms with Crippen LogP contribution in [0.2, 0.25) is 5.02 Å². The molecule has 2 rings (SSSR count). The molecule has 0 aromatic heterocycles. The summed E-state index contributed by atoms with van der Waals surface area (Å²) in [6.45, 7) is 0. The van der Waals surface area contributed by atoms with Gasteiger partial charge in [0.1, 0.15) is 5.75 Å². The van der Waals surface area contributed by atoms with Crippen LogP contribution < -0.4 is 0 Å². The molecule has 0 unspecified atom stereocenters. The van der Waals surface area contributed by atoms with E-state index in [0.29, 0.717) is 5.02 Å². The Morgan fingerprint density at radius 2 is 2.20 bits per heavy atom. The van der Waals surface area contributed by atoms with Crippen LogP contribution in [0, 0.1) is 0 Å². The van der Waals surface area contributed by atoms with Gasteiger partial charge < -0.3 is 5.11 Å². The standard InChI is InChI=1S/C11H10ClNO2/c12-10-6-8(15)2-3-9(10)11(13-7-14)4-1-5-11/h2-3,6,15H,1,4-5H2. The van der Waals surface area contributed by atoms with Crippen molar-refractivity contribution in [3.63, 3.8) is 0 Å². The highest BCUT2D eigenvalue weighted by atomic mass is 35.5. The van der Waals surface area contributed by atoms with E-state index >= 15 is 0 Å². The maximum Gasteiger partial charge on any atom is 0.235 e. The molecule has 78 valence electrons. The van der Waals surface area contributed by atoms with Crippen molar-refractivity contribution >= 4 is 17.7 Å². The number of phenolic OH excluding ortho intramolecular Hbond substituents is 1. The number of hydrogen-bond acceptors (Lipinski definition) is 3. The molecule has 3 nitrogen and oxygen atoms in total. The molecule has 0 saturated heterocycles. The smallest absolute Gasteiger partial charge is 0.235 e. The lowest BCUT2D eigenvalue weighted by molar-refractivity contribution is 0.256. The molecule has 0 bridgehead atoms. The number of rotatable bonds is 2. The predicted octanol–water partition coefficient (Wildman–Crippen LogP) is 2.76. The summed E-state index contributed by atoms with van der Waals surface area (Å²) < 4.78 is 0. The Morgan fingerprint density at radius 1 is 1.47 bits per heavy atom. The quantitative estimate of drug-likeness (QED) is 0.619. The second-order valence-corrected chi connectivity index (χ2v) is 4.16. The molecule has 1 fully saturated rings. The first-order valence-electron chi connectivity index (χ1n) is 4.76. The molecule has 0 aliphatic heterocycles. The van der Waals surface area contributed by atoms with Crippen molar-refractivity contribution < 1.29 is 9.90 Å². The number of carbonyl (C=O) groups excluding carboxylic acids is 1. The van der Waals surface area contributed by atoms with E-state index in [-0.39, 0.29) is 5.75 Å².